The highest BCUT2D eigenvalue weighted by molar-refractivity contribution is 5.80. The molecule has 0 spiro atoms. The fourth-order valence-electron chi connectivity index (χ4n) is 2.57. The Labute approximate surface area is 164 Å². The summed E-state index contributed by atoms with van der Waals surface area (Å²) < 4.78 is 5.66. The minimum Gasteiger partial charge on any atom is -0.507 e. The van der Waals surface area contributed by atoms with Gasteiger partial charge in [-0.15, -0.1) is 0 Å². The van der Waals surface area contributed by atoms with Crippen LogP contribution in [0, 0.1) is 6.92 Å². The molecule has 3 rings (SSSR count). The van der Waals surface area contributed by atoms with Gasteiger partial charge in [-0.05, 0) is 55.3 Å². The lowest BCUT2D eigenvalue weighted by atomic mass is 10.2. The number of hydrazone groups is 1. The number of phenolic OH excluding ortho intramolecular Hbond substituents is 1. The minimum atomic E-state index is 0.142. The van der Waals surface area contributed by atoms with Gasteiger partial charge in [0, 0.05) is 11.8 Å². The molecular formula is C22H24N4O2. The van der Waals surface area contributed by atoms with E-state index in [9.17, 15) is 5.11 Å². The molecule has 2 N–H and O–H groups in total. The monoisotopic (exact) mass is 376 g/mol. The highest BCUT2D eigenvalue weighted by atomic mass is 16.5. The quantitative estimate of drug-likeness (QED) is 0.336. The number of anilines is 1. The average molecular weight is 376 g/mol. The number of rotatable bonds is 8. The Morgan fingerprint density at radius 2 is 1.89 bits per heavy atom. The fourth-order valence-corrected chi connectivity index (χ4v) is 2.57. The van der Waals surface area contributed by atoms with Crippen LogP contribution in [0.5, 0.6) is 11.5 Å². The summed E-state index contributed by atoms with van der Waals surface area (Å²) in [4.78, 5) is 8.83. The molecule has 0 aliphatic rings. The molecule has 1 aromatic heterocycles. The molecule has 0 atom stereocenters. The molecule has 144 valence electrons. The van der Waals surface area contributed by atoms with Crippen molar-refractivity contribution >= 4 is 12.0 Å². The van der Waals surface area contributed by atoms with E-state index >= 15 is 0 Å². The van der Waals surface area contributed by atoms with E-state index in [0.717, 1.165) is 36.5 Å². The van der Waals surface area contributed by atoms with Gasteiger partial charge in [0.1, 0.15) is 11.5 Å². The van der Waals surface area contributed by atoms with E-state index < -0.39 is 0 Å². The van der Waals surface area contributed by atoms with Crippen molar-refractivity contribution in [3.05, 3.63) is 65.9 Å². The van der Waals surface area contributed by atoms with Gasteiger partial charge in [-0.25, -0.2) is 9.97 Å². The summed E-state index contributed by atoms with van der Waals surface area (Å²) in [7, 11) is 0. The summed E-state index contributed by atoms with van der Waals surface area (Å²) in [6.45, 7) is 4.75. The Kier molecular flexibility index (Phi) is 6.57. The zero-order chi connectivity index (χ0) is 19.8. The van der Waals surface area contributed by atoms with E-state index in [-0.39, 0.29) is 5.75 Å². The second-order valence-electron chi connectivity index (χ2n) is 6.38. The molecule has 0 bridgehead atoms. The lowest BCUT2D eigenvalue weighted by Gasteiger charge is -2.07. The van der Waals surface area contributed by atoms with Gasteiger partial charge in [-0.2, -0.15) is 5.10 Å². The van der Waals surface area contributed by atoms with Crippen LogP contribution in [0.15, 0.2) is 59.7 Å². The normalized spacial score (nSPS) is 10.9. The maximum atomic E-state index is 10.0. The molecule has 0 aliphatic carbocycles. The third-order valence-electron chi connectivity index (χ3n) is 4.04. The highest BCUT2D eigenvalue weighted by Gasteiger charge is 2.08. The number of phenols is 1. The van der Waals surface area contributed by atoms with E-state index in [1.54, 1.807) is 30.5 Å². The van der Waals surface area contributed by atoms with Gasteiger partial charge in [0.15, 0.2) is 11.6 Å². The van der Waals surface area contributed by atoms with Crippen molar-refractivity contribution in [1.82, 2.24) is 9.97 Å². The number of ether oxygens (including phenoxy) is 1. The summed E-state index contributed by atoms with van der Waals surface area (Å²) >= 11 is 0. The summed E-state index contributed by atoms with van der Waals surface area (Å²) in [6.07, 6.45) is 3.88. The predicted octanol–water partition coefficient (Wildman–Crippen LogP) is 4.78. The first-order valence-corrected chi connectivity index (χ1v) is 9.31. The molecule has 3 aromatic rings. The number of benzene rings is 2. The number of aromatic nitrogens is 2. The smallest absolute Gasteiger partial charge is 0.165 e. The van der Waals surface area contributed by atoms with Crippen molar-refractivity contribution in [2.75, 3.05) is 12.0 Å². The summed E-state index contributed by atoms with van der Waals surface area (Å²) in [6, 6.07) is 16.6. The lowest BCUT2D eigenvalue weighted by molar-refractivity contribution is 0.309. The van der Waals surface area contributed by atoms with Gasteiger partial charge >= 0.3 is 0 Å². The van der Waals surface area contributed by atoms with Gasteiger partial charge in [-0.3, -0.25) is 5.43 Å². The summed E-state index contributed by atoms with van der Waals surface area (Å²) in [5.41, 5.74) is 5.23. The van der Waals surface area contributed by atoms with Crippen molar-refractivity contribution in [1.29, 1.82) is 0 Å². The lowest BCUT2D eigenvalue weighted by Crippen LogP contribution is -1.99. The largest absolute Gasteiger partial charge is 0.507 e. The van der Waals surface area contributed by atoms with Crippen LogP contribution in [0.4, 0.5) is 5.82 Å². The number of hydrogen-bond acceptors (Lipinski definition) is 6. The number of nitrogens with zero attached hydrogens (tertiary/aromatic N) is 3. The number of unbranched alkanes of at least 4 members (excludes halogenated alkanes) is 1. The molecule has 6 nitrogen and oxygen atoms in total. The molecule has 0 saturated heterocycles. The molecule has 0 unspecified atom stereocenters. The molecule has 0 aliphatic heterocycles. The van der Waals surface area contributed by atoms with Crippen LogP contribution in [0.3, 0.4) is 0 Å². The maximum absolute atomic E-state index is 10.0. The first kappa shape index (κ1) is 19.4. The Morgan fingerprint density at radius 3 is 2.64 bits per heavy atom. The van der Waals surface area contributed by atoms with Crippen molar-refractivity contribution in [3.63, 3.8) is 0 Å². The van der Waals surface area contributed by atoms with Crippen LogP contribution < -0.4 is 10.2 Å². The molecule has 0 radical (unpaired) electrons. The molecule has 0 amide bonds. The van der Waals surface area contributed by atoms with Gasteiger partial charge < -0.3 is 9.84 Å². The van der Waals surface area contributed by atoms with Gasteiger partial charge in [-0.1, -0.05) is 25.5 Å². The SMILES string of the molecule is CCCCOc1ccc(/C=N\Nc2cc(C)nc(-c3ccccc3O)n2)cc1. The van der Waals surface area contributed by atoms with Crippen LogP contribution >= 0.6 is 0 Å². The van der Waals surface area contributed by atoms with E-state index in [1.807, 2.05) is 37.3 Å². The Hall–Kier alpha value is -3.41. The number of para-hydroxylation sites is 1. The molecule has 2 aromatic carbocycles. The van der Waals surface area contributed by atoms with Crippen LogP contribution in [0.2, 0.25) is 0 Å². The van der Waals surface area contributed by atoms with Crippen molar-refractivity contribution in [2.45, 2.75) is 26.7 Å². The van der Waals surface area contributed by atoms with Gasteiger partial charge in [0.05, 0.1) is 18.4 Å². The Morgan fingerprint density at radius 1 is 1.11 bits per heavy atom. The standard InChI is InChI=1S/C22H24N4O2/c1-3-4-13-28-18-11-9-17(10-12-18)15-23-26-21-14-16(2)24-22(25-21)19-7-5-6-8-20(19)27/h5-12,14-15,27H,3-4,13H2,1-2H3,(H,24,25,26)/b23-15-. The number of hydrogen-bond donors (Lipinski definition) is 2. The van der Waals surface area contributed by atoms with Gasteiger partial charge in [0.2, 0.25) is 0 Å². The molecule has 6 heteroatoms. The first-order chi connectivity index (χ1) is 13.7. The third-order valence-corrected chi connectivity index (χ3v) is 4.04. The molecular weight excluding hydrogens is 352 g/mol. The second kappa shape index (κ2) is 9.50. The van der Waals surface area contributed by atoms with Crippen molar-refractivity contribution in [2.24, 2.45) is 5.10 Å². The van der Waals surface area contributed by atoms with E-state index in [1.165, 1.54) is 0 Å². The topological polar surface area (TPSA) is 79.6 Å². The van der Waals surface area contributed by atoms with Crippen molar-refractivity contribution in [3.8, 4) is 22.9 Å². The Bertz CT molecular complexity index is 940. The van der Waals surface area contributed by atoms with E-state index in [0.29, 0.717) is 17.2 Å². The predicted molar refractivity (Wildman–Crippen MR) is 112 cm³/mol. The second-order valence-corrected chi connectivity index (χ2v) is 6.38. The van der Waals surface area contributed by atoms with Gasteiger partial charge in [0.25, 0.3) is 0 Å². The highest BCUT2D eigenvalue weighted by Crippen LogP contribution is 2.26. The minimum absolute atomic E-state index is 0.142. The van der Waals surface area contributed by atoms with Crippen LogP contribution in [-0.2, 0) is 0 Å². The first-order valence-electron chi connectivity index (χ1n) is 9.31. The number of nitrogens with one attached hydrogen (secondary N) is 1. The van der Waals surface area contributed by atoms with E-state index in [2.05, 4.69) is 27.4 Å². The number of aryl methyl sites for hydroxylation is 1. The summed E-state index contributed by atoms with van der Waals surface area (Å²) in [5, 5.41) is 14.3. The molecule has 28 heavy (non-hydrogen) atoms. The number of aromatic hydroxyl groups is 1. The van der Waals surface area contributed by atoms with Crippen molar-refractivity contribution < 1.29 is 9.84 Å². The average Bonchev–Trinajstić information content (AvgIpc) is 2.69. The zero-order valence-corrected chi connectivity index (χ0v) is 16.1. The summed E-state index contributed by atoms with van der Waals surface area (Å²) in [5.74, 6) is 2.01. The maximum Gasteiger partial charge on any atom is 0.165 e. The molecule has 1 heterocycles. The Balaban J connectivity index is 1.66. The van der Waals surface area contributed by atoms with E-state index in [4.69, 9.17) is 4.74 Å². The third kappa shape index (κ3) is 5.30. The van der Waals surface area contributed by atoms with Crippen LogP contribution in [0.1, 0.15) is 31.0 Å². The fraction of sp³-hybridized carbons (Fsp3) is 0.227. The van der Waals surface area contributed by atoms with Crippen LogP contribution in [-0.4, -0.2) is 27.9 Å². The van der Waals surface area contributed by atoms with Crippen LogP contribution in [0.25, 0.3) is 11.4 Å². The molecule has 0 saturated carbocycles. The zero-order valence-electron chi connectivity index (χ0n) is 16.1. The molecule has 0 fully saturated rings.